The minimum atomic E-state index is 0.138. The molecule has 20 heavy (non-hydrogen) atoms. The molecule has 2 rings (SSSR count). The van der Waals surface area contributed by atoms with Gasteiger partial charge in [-0.3, -0.25) is 4.79 Å². The van der Waals surface area contributed by atoms with Gasteiger partial charge in [-0.25, -0.2) is 0 Å². The molecular weight excluding hydrogens is 272 g/mol. The van der Waals surface area contributed by atoms with Gasteiger partial charge < -0.3 is 4.74 Å². The van der Waals surface area contributed by atoms with Crippen molar-refractivity contribution in [3.8, 4) is 5.75 Å². The molecule has 0 saturated carbocycles. The van der Waals surface area contributed by atoms with Crippen LogP contribution in [0.4, 0.5) is 0 Å². The highest BCUT2D eigenvalue weighted by atomic mass is 32.1. The summed E-state index contributed by atoms with van der Waals surface area (Å²) in [7, 11) is 1.64. The first-order valence-corrected chi connectivity index (χ1v) is 7.49. The third-order valence-electron chi connectivity index (χ3n) is 3.10. The number of hydrogen-bond donors (Lipinski definition) is 0. The molecule has 0 aliphatic rings. The summed E-state index contributed by atoms with van der Waals surface area (Å²) in [6, 6.07) is 7.81. The molecule has 1 aromatic carbocycles. The van der Waals surface area contributed by atoms with Gasteiger partial charge in [0.15, 0.2) is 5.78 Å². The molecule has 0 spiro atoms. The van der Waals surface area contributed by atoms with Crippen LogP contribution in [-0.2, 0) is 12.8 Å². The van der Waals surface area contributed by atoms with Crippen LogP contribution in [0.2, 0.25) is 0 Å². The monoisotopic (exact) mass is 290 g/mol. The maximum absolute atomic E-state index is 12.2. The van der Waals surface area contributed by atoms with Crippen molar-refractivity contribution in [3.05, 3.63) is 40.4 Å². The Labute approximate surface area is 123 Å². The van der Waals surface area contributed by atoms with E-state index in [0.29, 0.717) is 6.42 Å². The first-order valence-electron chi connectivity index (χ1n) is 6.72. The zero-order valence-electron chi connectivity index (χ0n) is 11.8. The topological polar surface area (TPSA) is 52.1 Å². The lowest BCUT2D eigenvalue weighted by molar-refractivity contribution is 0.0985. The Morgan fingerprint density at radius 3 is 2.65 bits per heavy atom. The van der Waals surface area contributed by atoms with Crippen LogP contribution in [0.1, 0.15) is 40.7 Å². The number of ether oxygens (including phenoxy) is 1. The zero-order valence-corrected chi connectivity index (χ0v) is 12.6. The lowest BCUT2D eigenvalue weighted by atomic mass is 10.1. The third kappa shape index (κ3) is 3.63. The van der Waals surface area contributed by atoms with Crippen LogP contribution in [0.25, 0.3) is 0 Å². The van der Waals surface area contributed by atoms with Crippen molar-refractivity contribution >= 4 is 17.3 Å². The normalized spacial score (nSPS) is 10.5. The van der Waals surface area contributed by atoms with E-state index in [1.165, 1.54) is 11.5 Å². The van der Waals surface area contributed by atoms with Crippen LogP contribution in [-0.4, -0.2) is 22.5 Å². The zero-order chi connectivity index (χ0) is 14.4. The van der Waals surface area contributed by atoms with Gasteiger partial charge in [0.2, 0.25) is 0 Å². The Balaban J connectivity index is 1.95. The Hall–Kier alpha value is -1.75. The highest BCUT2D eigenvalue weighted by molar-refractivity contribution is 7.08. The van der Waals surface area contributed by atoms with Gasteiger partial charge in [-0.2, -0.15) is 0 Å². The molecule has 0 N–H and O–H groups in total. The van der Waals surface area contributed by atoms with E-state index in [-0.39, 0.29) is 5.78 Å². The average Bonchev–Trinajstić information content (AvgIpc) is 2.94. The Morgan fingerprint density at radius 1 is 1.25 bits per heavy atom. The third-order valence-corrected chi connectivity index (χ3v) is 3.90. The van der Waals surface area contributed by atoms with Gasteiger partial charge in [-0.15, -0.1) is 5.10 Å². The molecule has 0 atom stereocenters. The summed E-state index contributed by atoms with van der Waals surface area (Å²) in [6.45, 7) is 2.07. The molecule has 1 aromatic heterocycles. The fourth-order valence-electron chi connectivity index (χ4n) is 1.98. The maximum atomic E-state index is 12.2. The smallest absolute Gasteiger partial charge is 0.176 e. The Bertz CT molecular complexity index is 564. The Morgan fingerprint density at radius 2 is 2.00 bits per heavy atom. The number of hydrogen-bond acceptors (Lipinski definition) is 5. The molecule has 5 heteroatoms. The van der Waals surface area contributed by atoms with Crippen molar-refractivity contribution in [1.82, 2.24) is 9.59 Å². The SMILES string of the molecule is CCCc1nnsc1C(=O)CCc1ccc(OC)cc1. The van der Waals surface area contributed by atoms with Crippen molar-refractivity contribution in [3.63, 3.8) is 0 Å². The van der Waals surface area contributed by atoms with Gasteiger partial charge in [0.25, 0.3) is 0 Å². The standard InChI is InChI=1S/C15H18N2O2S/c1-3-4-13-15(20-17-16-13)14(18)10-7-11-5-8-12(19-2)9-6-11/h5-6,8-9H,3-4,7,10H2,1-2H3. The molecule has 0 bridgehead atoms. The molecule has 4 nitrogen and oxygen atoms in total. The van der Waals surface area contributed by atoms with Gasteiger partial charge in [-0.05, 0) is 42.1 Å². The quantitative estimate of drug-likeness (QED) is 0.734. The van der Waals surface area contributed by atoms with Crippen molar-refractivity contribution in [2.24, 2.45) is 0 Å². The predicted octanol–water partition coefficient (Wildman–Crippen LogP) is 3.31. The van der Waals surface area contributed by atoms with Crippen molar-refractivity contribution in [2.75, 3.05) is 7.11 Å². The molecule has 1 heterocycles. The number of aromatic nitrogens is 2. The van der Waals surface area contributed by atoms with E-state index in [9.17, 15) is 4.79 Å². The van der Waals surface area contributed by atoms with Crippen LogP contribution in [0.3, 0.4) is 0 Å². The number of carbonyl (C=O) groups is 1. The van der Waals surface area contributed by atoms with E-state index in [4.69, 9.17) is 4.74 Å². The first kappa shape index (κ1) is 14.7. The second kappa shape index (κ2) is 7.14. The summed E-state index contributed by atoms with van der Waals surface area (Å²) in [5.41, 5.74) is 1.98. The van der Waals surface area contributed by atoms with Crippen molar-refractivity contribution < 1.29 is 9.53 Å². The second-order valence-corrected chi connectivity index (χ2v) is 5.32. The molecule has 0 amide bonds. The molecule has 106 valence electrons. The van der Waals surface area contributed by atoms with Crippen LogP contribution in [0.5, 0.6) is 5.75 Å². The number of carbonyl (C=O) groups excluding carboxylic acids is 1. The number of aryl methyl sites for hydroxylation is 2. The van der Waals surface area contributed by atoms with Crippen LogP contribution < -0.4 is 4.74 Å². The highest BCUT2D eigenvalue weighted by Crippen LogP contribution is 2.17. The minimum absolute atomic E-state index is 0.138. The fraction of sp³-hybridized carbons (Fsp3) is 0.400. The van der Waals surface area contributed by atoms with E-state index in [1.54, 1.807) is 7.11 Å². The van der Waals surface area contributed by atoms with Gasteiger partial charge in [-0.1, -0.05) is 30.0 Å². The number of nitrogens with zero attached hydrogens (tertiary/aromatic N) is 2. The van der Waals surface area contributed by atoms with E-state index >= 15 is 0 Å². The predicted molar refractivity (Wildman–Crippen MR) is 79.5 cm³/mol. The van der Waals surface area contributed by atoms with E-state index in [2.05, 4.69) is 16.5 Å². The summed E-state index contributed by atoms with van der Waals surface area (Å²) >= 11 is 1.21. The van der Waals surface area contributed by atoms with Gasteiger partial charge in [0.05, 0.1) is 12.8 Å². The number of benzene rings is 1. The molecule has 0 unspecified atom stereocenters. The fourth-order valence-corrected chi connectivity index (χ4v) is 2.66. The first-order chi connectivity index (χ1) is 9.74. The Kier molecular flexibility index (Phi) is 5.24. The summed E-state index contributed by atoms with van der Waals surface area (Å²) in [5, 5.41) is 4.04. The van der Waals surface area contributed by atoms with E-state index in [1.807, 2.05) is 24.3 Å². The summed E-state index contributed by atoms with van der Waals surface area (Å²) in [4.78, 5) is 12.9. The molecule has 0 fully saturated rings. The number of rotatable bonds is 7. The van der Waals surface area contributed by atoms with Crippen LogP contribution >= 0.6 is 11.5 Å². The number of Topliss-reactive ketones (excluding diaryl/α,β-unsaturated/α-hetero) is 1. The highest BCUT2D eigenvalue weighted by Gasteiger charge is 2.15. The second-order valence-electron chi connectivity index (χ2n) is 4.57. The van der Waals surface area contributed by atoms with Gasteiger partial charge >= 0.3 is 0 Å². The maximum Gasteiger partial charge on any atom is 0.176 e. The van der Waals surface area contributed by atoms with Crippen LogP contribution in [0.15, 0.2) is 24.3 Å². The molecule has 0 saturated heterocycles. The van der Waals surface area contributed by atoms with Crippen LogP contribution in [0, 0.1) is 0 Å². The van der Waals surface area contributed by atoms with Gasteiger partial charge in [0, 0.05) is 6.42 Å². The summed E-state index contributed by atoms with van der Waals surface area (Å²) < 4.78 is 9.01. The minimum Gasteiger partial charge on any atom is -0.497 e. The van der Waals surface area contributed by atoms with Crippen molar-refractivity contribution in [2.45, 2.75) is 32.6 Å². The lowest BCUT2D eigenvalue weighted by Gasteiger charge is -2.03. The van der Waals surface area contributed by atoms with E-state index < -0.39 is 0 Å². The molecule has 0 aliphatic carbocycles. The largest absolute Gasteiger partial charge is 0.497 e. The van der Waals surface area contributed by atoms with Crippen molar-refractivity contribution in [1.29, 1.82) is 0 Å². The summed E-state index contributed by atoms with van der Waals surface area (Å²) in [6.07, 6.45) is 3.02. The van der Waals surface area contributed by atoms with E-state index in [0.717, 1.165) is 41.1 Å². The number of ketones is 1. The molecule has 0 radical (unpaired) electrons. The molecule has 0 aliphatic heterocycles. The number of methoxy groups -OCH3 is 1. The average molecular weight is 290 g/mol. The lowest BCUT2D eigenvalue weighted by Crippen LogP contribution is -2.03. The summed E-state index contributed by atoms with van der Waals surface area (Å²) in [5.74, 6) is 0.969. The molecular formula is C15H18N2O2S. The molecule has 2 aromatic rings. The van der Waals surface area contributed by atoms with Gasteiger partial charge in [0.1, 0.15) is 10.6 Å².